The van der Waals surface area contributed by atoms with Crippen molar-refractivity contribution in [2.45, 2.75) is 19.1 Å². The van der Waals surface area contributed by atoms with Crippen LogP contribution in [0.5, 0.6) is 0 Å². The van der Waals surface area contributed by atoms with Gasteiger partial charge in [-0.15, -0.1) is 0 Å². The van der Waals surface area contributed by atoms with E-state index in [-0.39, 0.29) is 12.1 Å². The van der Waals surface area contributed by atoms with Crippen molar-refractivity contribution >= 4 is 17.4 Å². The smallest absolute Gasteiger partial charge is 0.315 e. The molecule has 0 saturated heterocycles. The lowest BCUT2D eigenvalue weighted by Crippen LogP contribution is -2.39. The molecular formula is C15H15F3N2O2S. The van der Waals surface area contributed by atoms with Crippen molar-refractivity contribution in [3.63, 3.8) is 0 Å². The molecule has 0 aliphatic rings. The summed E-state index contributed by atoms with van der Waals surface area (Å²) in [5, 5.41) is 18.3. The third-order valence-electron chi connectivity index (χ3n) is 3.24. The predicted molar refractivity (Wildman–Crippen MR) is 80.5 cm³/mol. The fourth-order valence-electron chi connectivity index (χ4n) is 1.93. The van der Waals surface area contributed by atoms with Gasteiger partial charge >= 0.3 is 6.03 Å². The molecule has 124 valence electrons. The number of carbonyl (C=O) groups is 1. The number of aliphatic hydroxyl groups is 1. The van der Waals surface area contributed by atoms with Crippen LogP contribution >= 0.6 is 11.3 Å². The van der Waals surface area contributed by atoms with Gasteiger partial charge in [0.25, 0.3) is 0 Å². The molecule has 0 spiro atoms. The molecule has 1 aromatic heterocycles. The van der Waals surface area contributed by atoms with Crippen molar-refractivity contribution in [1.29, 1.82) is 0 Å². The molecule has 4 nitrogen and oxygen atoms in total. The van der Waals surface area contributed by atoms with Crippen LogP contribution in [0.15, 0.2) is 29.0 Å². The molecule has 8 heteroatoms. The van der Waals surface area contributed by atoms with Crippen molar-refractivity contribution in [1.82, 2.24) is 10.6 Å². The van der Waals surface area contributed by atoms with Gasteiger partial charge in [-0.05, 0) is 47.0 Å². The minimum absolute atomic E-state index is 0.0125. The Labute approximate surface area is 135 Å². The van der Waals surface area contributed by atoms with E-state index >= 15 is 0 Å². The lowest BCUT2D eigenvalue weighted by molar-refractivity contribution is 0.173. The molecule has 0 bridgehead atoms. The molecule has 1 aromatic carbocycles. The van der Waals surface area contributed by atoms with E-state index in [0.29, 0.717) is 5.56 Å². The largest absolute Gasteiger partial charge is 0.387 e. The second-order valence-electron chi connectivity index (χ2n) is 4.95. The summed E-state index contributed by atoms with van der Waals surface area (Å²) in [5.41, 5.74) is 0.779. The first-order valence-corrected chi connectivity index (χ1v) is 7.71. The summed E-state index contributed by atoms with van der Waals surface area (Å²) in [6, 6.07) is 2.03. The second kappa shape index (κ2) is 7.47. The van der Waals surface area contributed by atoms with Gasteiger partial charge < -0.3 is 15.7 Å². The Kier molecular flexibility index (Phi) is 5.62. The molecule has 0 aliphatic heterocycles. The van der Waals surface area contributed by atoms with Gasteiger partial charge in [-0.3, -0.25) is 0 Å². The fraction of sp³-hybridized carbons (Fsp3) is 0.267. The SMILES string of the molecule is CC(NC(=O)NCC(O)c1ccsc1)c1cc(F)c(F)c(F)c1. The number of hydrogen-bond donors (Lipinski definition) is 3. The lowest BCUT2D eigenvalue weighted by Gasteiger charge is -2.17. The van der Waals surface area contributed by atoms with E-state index in [1.807, 2.05) is 0 Å². The Balaban J connectivity index is 1.90. The Hall–Kier alpha value is -2.06. The van der Waals surface area contributed by atoms with Gasteiger partial charge in [-0.25, -0.2) is 18.0 Å². The van der Waals surface area contributed by atoms with Crippen LogP contribution in [0.2, 0.25) is 0 Å². The van der Waals surface area contributed by atoms with Gasteiger partial charge in [0.05, 0.1) is 12.1 Å². The highest BCUT2D eigenvalue weighted by atomic mass is 32.1. The topological polar surface area (TPSA) is 61.4 Å². The van der Waals surface area contributed by atoms with Crippen molar-refractivity contribution < 1.29 is 23.1 Å². The average Bonchev–Trinajstić information content (AvgIpc) is 3.04. The van der Waals surface area contributed by atoms with Gasteiger partial charge in [0, 0.05) is 6.54 Å². The van der Waals surface area contributed by atoms with Crippen LogP contribution < -0.4 is 10.6 Å². The standard InChI is InChI=1S/C15H15F3N2O2S/c1-8(10-4-11(16)14(18)12(17)5-10)20-15(22)19-6-13(21)9-2-3-23-7-9/h2-5,7-8,13,21H,6H2,1H3,(H2,19,20,22). The number of thiophene rings is 1. The van der Waals surface area contributed by atoms with Crippen LogP contribution in [0.3, 0.4) is 0 Å². The van der Waals surface area contributed by atoms with Crippen LogP contribution in [0, 0.1) is 17.5 Å². The Bertz CT molecular complexity index is 656. The molecule has 2 amide bonds. The van der Waals surface area contributed by atoms with E-state index in [1.165, 1.54) is 18.3 Å². The predicted octanol–water partition coefficient (Wildman–Crippen LogP) is 3.26. The van der Waals surface area contributed by atoms with Gasteiger partial charge in [0.2, 0.25) is 0 Å². The van der Waals surface area contributed by atoms with Gasteiger partial charge in [-0.1, -0.05) is 0 Å². The molecule has 1 heterocycles. The molecule has 3 N–H and O–H groups in total. The second-order valence-corrected chi connectivity index (χ2v) is 5.73. The maximum atomic E-state index is 13.2. The molecule has 2 aromatic rings. The van der Waals surface area contributed by atoms with E-state index in [2.05, 4.69) is 10.6 Å². The highest BCUT2D eigenvalue weighted by Crippen LogP contribution is 2.19. The first-order valence-electron chi connectivity index (χ1n) is 6.77. The molecular weight excluding hydrogens is 329 g/mol. The van der Waals surface area contributed by atoms with E-state index in [9.17, 15) is 23.1 Å². The highest BCUT2D eigenvalue weighted by Gasteiger charge is 2.16. The zero-order chi connectivity index (χ0) is 17.0. The lowest BCUT2D eigenvalue weighted by atomic mass is 10.1. The number of urea groups is 1. The zero-order valence-electron chi connectivity index (χ0n) is 12.1. The van der Waals surface area contributed by atoms with Crippen LogP contribution in [-0.2, 0) is 0 Å². The first-order chi connectivity index (χ1) is 10.9. The number of rotatable bonds is 5. The molecule has 0 aliphatic carbocycles. The molecule has 0 fully saturated rings. The van der Waals surface area contributed by atoms with E-state index in [1.54, 1.807) is 16.8 Å². The summed E-state index contributed by atoms with van der Waals surface area (Å²) in [5.74, 6) is -4.19. The zero-order valence-corrected chi connectivity index (χ0v) is 13.0. The number of halogens is 3. The summed E-state index contributed by atoms with van der Waals surface area (Å²) < 4.78 is 39.3. The monoisotopic (exact) mass is 344 g/mol. The summed E-state index contributed by atoms with van der Waals surface area (Å²) >= 11 is 1.42. The Morgan fingerprint density at radius 2 is 1.91 bits per heavy atom. The average molecular weight is 344 g/mol. The molecule has 23 heavy (non-hydrogen) atoms. The fourth-order valence-corrected chi connectivity index (χ4v) is 2.64. The third kappa shape index (κ3) is 4.46. The Morgan fingerprint density at radius 1 is 1.26 bits per heavy atom. The van der Waals surface area contributed by atoms with Crippen LogP contribution in [0.25, 0.3) is 0 Å². The van der Waals surface area contributed by atoms with Crippen molar-refractivity contribution in [3.05, 3.63) is 57.5 Å². The van der Waals surface area contributed by atoms with Crippen molar-refractivity contribution in [2.24, 2.45) is 0 Å². The number of carbonyl (C=O) groups excluding carboxylic acids is 1. The Morgan fingerprint density at radius 3 is 2.48 bits per heavy atom. The summed E-state index contributed by atoms with van der Waals surface area (Å²) in [6.45, 7) is 1.49. The number of hydrogen-bond acceptors (Lipinski definition) is 3. The van der Waals surface area contributed by atoms with Crippen molar-refractivity contribution in [2.75, 3.05) is 6.54 Å². The van der Waals surface area contributed by atoms with Crippen LogP contribution in [-0.4, -0.2) is 17.7 Å². The summed E-state index contributed by atoms with van der Waals surface area (Å²) in [7, 11) is 0. The molecule has 2 rings (SSSR count). The highest BCUT2D eigenvalue weighted by molar-refractivity contribution is 7.07. The van der Waals surface area contributed by atoms with Gasteiger partial charge in [0.15, 0.2) is 17.5 Å². The third-order valence-corrected chi connectivity index (χ3v) is 3.94. The van der Waals surface area contributed by atoms with E-state index < -0.39 is 35.6 Å². The molecule has 0 radical (unpaired) electrons. The molecule has 2 atom stereocenters. The number of amides is 2. The van der Waals surface area contributed by atoms with Gasteiger partial charge in [0.1, 0.15) is 0 Å². The quantitative estimate of drug-likeness (QED) is 0.729. The number of nitrogens with one attached hydrogen (secondary N) is 2. The molecule has 2 unspecified atom stereocenters. The first kappa shape index (κ1) is 17.3. The van der Waals surface area contributed by atoms with Gasteiger partial charge in [-0.2, -0.15) is 11.3 Å². The van der Waals surface area contributed by atoms with Crippen molar-refractivity contribution in [3.8, 4) is 0 Å². The van der Waals surface area contributed by atoms with Crippen LogP contribution in [0.1, 0.15) is 30.2 Å². The number of aliphatic hydroxyl groups excluding tert-OH is 1. The minimum atomic E-state index is -1.55. The van der Waals surface area contributed by atoms with Crippen LogP contribution in [0.4, 0.5) is 18.0 Å². The van der Waals surface area contributed by atoms with E-state index in [4.69, 9.17) is 0 Å². The normalized spacial score (nSPS) is 13.4. The van der Waals surface area contributed by atoms with E-state index in [0.717, 1.165) is 12.1 Å². The maximum Gasteiger partial charge on any atom is 0.315 e. The maximum absolute atomic E-state index is 13.2. The summed E-state index contributed by atoms with van der Waals surface area (Å²) in [4.78, 5) is 11.7. The molecule has 0 saturated carbocycles. The minimum Gasteiger partial charge on any atom is -0.387 e. The summed E-state index contributed by atoms with van der Waals surface area (Å²) in [6.07, 6.45) is -0.844. The number of benzene rings is 1.